The van der Waals surface area contributed by atoms with Crippen molar-refractivity contribution in [3.8, 4) is 0 Å². The van der Waals surface area contributed by atoms with Crippen molar-refractivity contribution in [1.29, 1.82) is 0 Å². The molecule has 20 heavy (non-hydrogen) atoms. The average Bonchev–Trinajstić information content (AvgIpc) is 2.82. The molecular weight excluding hydrogens is 338 g/mol. The van der Waals surface area contributed by atoms with Gasteiger partial charge in [-0.1, -0.05) is 46.3 Å². The van der Waals surface area contributed by atoms with Gasteiger partial charge in [-0.05, 0) is 31.6 Å². The van der Waals surface area contributed by atoms with Crippen LogP contribution in [0.15, 0.2) is 59.2 Å². The molecule has 1 aliphatic rings. The van der Waals surface area contributed by atoms with E-state index >= 15 is 0 Å². The third-order valence-electron chi connectivity index (χ3n) is 3.66. The van der Waals surface area contributed by atoms with Crippen LogP contribution in [0, 0.1) is 0 Å². The lowest BCUT2D eigenvalue weighted by Crippen LogP contribution is -2.38. The largest absolute Gasteiger partial charge is 0.248 e. The van der Waals surface area contributed by atoms with Crippen molar-refractivity contribution in [2.75, 3.05) is 0 Å². The van der Waals surface area contributed by atoms with Crippen LogP contribution in [-0.2, 0) is 10.0 Å². The quantitative estimate of drug-likeness (QED) is 0.824. The zero-order valence-electron chi connectivity index (χ0n) is 11.0. The zero-order chi connectivity index (χ0) is 14.4. The van der Waals surface area contributed by atoms with Crippen LogP contribution in [0.2, 0.25) is 0 Å². The first-order valence-electron chi connectivity index (χ1n) is 6.30. The number of halogens is 1. The van der Waals surface area contributed by atoms with Crippen molar-refractivity contribution in [2.45, 2.75) is 18.1 Å². The second-order valence-corrected chi connectivity index (χ2v) is 8.32. The van der Waals surface area contributed by atoms with Gasteiger partial charge in [0.15, 0.2) is 0 Å². The number of fused-ring (bicyclic) bond motifs is 1. The molecule has 0 spiro atoms. The highest BCUT2D eigenvalue weighted by molar-refractivity contribution is 9.11. The Kier molecular flexibility index (Phi) is 3.14. The minimum Gasteiger partial charge on any atom is -0.244 e. The molecule has 1 aromatic heterocycles. The van der Waals surface area contributed by atoms with Crippen LogP contribution in [0.3, 0.4) is 0 Å². The van der Waals surface area contributed by atoms with Gasteiger partial charge in [-0.25, -0.2) is 12.4 Å². The lowest BCUT2D eigenvalue weighted by molar-refractivity contribution is 0.554. The van der Waals surface area contributed by atoms with Crippen LogP contribution in [0.4, 0.5) is 0 Å². The maximum Gasteiger partial charge on any atom is 0.248 e. The summed E-state index contributed by atoms with van der Waals surface area (Å²) in [5, 5.41) is 0.925. The number of nitrogens with zero attached hydrogens (tertiary/aromatic N) is 1. The number of hydrogen-bond donors (Lipinski definition) is 0. The Bertz CT molecular complexity index is 832. The van der Waals surface area contributed by atoms with E-state index < -0.39 is 14.8 Å². The molecule has 0 N–H and O–H groups in total. The van der Waals surface area contributed by atoms with E-state index in [-0.39, 0.29) is 0 Å². The molecule has 0 amide bonds. The van der Waals surface area contributed by atoms with E-state index in [9.17, 15) is 8.42 Å². The van der Waals surface area contributed by atoms with Gasteiger partial charge < -0.3 is 0 Å². The summed E-state index contributed by atoms with van der Waals surface area (Å²) in [5.74, 6) is 0. The zero-order valence-corrected chi connectivity index (χ0v) is 13.4. The van der Waals surface area contributed by atoms with E-state index in [2.05, 4.69) is 15.9 Å². The predicted molar refractivity (Wildman–Crippen MR) is 85.4 cm³/mol. The molecule has 1 heterocycles. The fraction of sp³-hybridized carbons (Fsp3) is 0.200. The van der Waals surface area contributed by atoms with Gasteiger partial charge in [0, 0.05) is 16.1 Å². The highest BCUT2D eigenvalue weighted by atomic mass is 79.9. The summed E-state index contributed by atoms with van der Waals surface area (Å²) in [4.78, 5) is 0. The number of allylic oxidation sites excluding steroid dienone is 3. The van der Waals surface area contributed by atoms with Gasteiger partial charge in [0.2, 0.25) is 10.0 Å². The Balaban J connectivity index is 2.20. The highest BCUT2D eigenvalue weighted by Crippen LogP contribution is 2.34. The lowest BCUT2D eigenvalue weighted by atomic mass is 10.0. The van der Waals surface area contributed by atoms with Crippen LogP contribution in [0.25, 0.3) is 10.9 Å². The van der Waals surface area contributed by atoms with Crippen LogP contribution in [0.5, 0.6) is 0 Å². The van der Waals surface area contributed by atoms with Gasteiger partial charge in [-0.15, -0.1) is 0 Å². The number of para-hydroxylation sites is 1. The normalized spacial score (nSPS) is 23.0. The Morgan fingerprint density at radius 3 is 2.75 bits per heavy atom. The Morgan fingerprint density at radius 2 is 2.00 bits per heavy atom. The smallest absolute Gasteiger partial charge is 0.244 e. The molecule has 0 saturated carbocycles. The topological polar surface area (TPSA) is 39.1 Å². The maximum atomic E-state index is 13.0. The predicted octanol–water partition coefficient (Wildman–Crippen LogP) is 3.82. The molecule has 0 saturated heterocycles. The Morgan fingerprint density at radius 1 is 1.25 bits per heavy atom. The van der Waals surface area contributed by atoms with Crippen LogP contribution < -0.4 is 0 Å². The van der Waals surface area contributed by atoms with E-state index in [0.29, 0.717) is 11.9 Å². The van der Waals surface area contributed by atoms with Gasteiger partial charge in [-0.2, -0.15) is 0 Å². The second-order valence-electron chi connectivity index (χ2n) is 5.12. The summed E-state index contributed by atoms with van der Waals surface area (Å²) in [6.45, 7) is 1.75. The number of rotatable bonds is 2. The first-order valence-corrected chi connectivity index (χ1v) is 8.53. The third-order valence-corrected chi connectivity index (χ3v) is 6.45. The molecule has 0 fully saturated rings. The molecule has 3 nitrogen and oxygen atoms in total. The van der Waals surface area contributed by atoms with E-state index in [0.717, 1.165) is 9.87 Å². The first kappa shape index (κ1) is 13.6. The minimum atomic E-state index is -3.52. The summed E-state index contributed by atoms with van der Waals surface area (Å²) in [5.41, 5.74) is 0.716. The SMILES string of the molecule is CC1(S(=O)(=O)n2ccc3ccccc32)C=C(Br)C=CC1. The molecule has 0 radical (unpaired) electrons. The van der Waals surface area contributed by atoms with Crippen molar-refractivity contribution in [2.24, 2.45) is 0 Å². The summed E-state index contributed by atoms with van der Waals surface area (Å²) in [6.07, 6.45) is 7.62. The maximum absolute atomic E-state index is 13.0. The summed E-state index contributed by atoms with van der Waals surface area (Å²) < 4.78 is 27.2. The van der Waals surface area contributed by atoms with Crippen LogP contribution >= 0.6 is 15.9 Å². The molecule has 1 atom stereocenters. The summed E-state index contributed by atoms with van der Waals surface area (Å²) in [6, 6.07) is 9.32. The van der Waals surface area contributed by atoms with Gasteiger partial charge in [0.05, 0.1) is 5.52 Å². The van der Waals surface area contributed by atoms with Crippen molar-refractivity contribution in [3.63, 3.8) is 0 Å². The van der Waals surface area contributed by atoms with Crippen molar-refractivity contribution >= 4 is 36.9 Å². The second kappa shape index (κ2) is 4.60. The average molecular weight is 352 g/mol. The summed E-state index contributed by atoms with van der Waals surface area (Å²) in [7, 11) is -3.52. The third kappa shape index (κ3) is 1.96. The standard InChI is InChI=1S/C15H14BrNO2S/c1-15(9-4-6-13(16)11-15)20(18,19)17-10-8-12-5-2-3-7-14(12)17/h2-8,10-11H,9H2,1H3. The summed E-state index contributed by atoms with van der Waals surface area (Å²) >= 11 is 3.37. The van der Waals surface area contributed by atoms with Crippen molar-refractivity contribution in [3.05, 3.63) is 59.2 Å². The number of hydrogen-bond acceptors (Lipinski definition) is 2. The van der Waals surface area contributed by atoms with Gasteiger partial charge >= 0.3 is 0 Å². The van der Waals surface area contributed by atoms with Gasteiger partial charge in [0.25, 0.3) is 0 Å². The molecule has 1 aromatic carbocycles. The van der Waals surface area contributed by atoms with E-state index in [1.165, 1.54) is 3.97 Å². The number of benzene rings is 1. The van der Waals surface area contributed by atoms with E-state index in [1.54, 1.807) is 19.2 Å². The van der Waals surface area contributed by atoms with Crippen LogP contribution in [-0.4, -0.2) is 17.1 Å². The van der Waals surface area contributed by atoms with Crippen molar-refractivity contribution < 1.29 is 8.42 Å². The fourth-order valence-electron chi connectivity index (χ4n) is 2.48. The molecular formula is C15H14BrNO2S. The Labute approximate surface area is 126 Å². The van der Waals surface area contributed by atoms with Crippen molar-refractivity contribution in [1.82, 2.24) is 3.97 Å². The molecule has 104 valence electrons. The minimum absolute atomic E-state index is 0.469. The first-order chi connectivity index (χ1) is 9.44. The monoisotopic (exact) mass is 351 g/mol. The highest BCUT2D eigenvalue weighted by Gasteiger charge is 2.39. The van der Waals surface area contributed by atoms with Gasteiger partial charge in [0.1, 0.15) is 4.75 Å². The molecule has 0 bridgehead atoms. The molecule has 1 unspecified atom stereocenters. The number of aromatic nitrogens is 1. The van der Waals surface area contributed by atoms with Crippen LogP contribution in [0.1, 0.15) is 13.3 Å². The van der Waals surface area contributed by atoms with E-state index in [1.807, 2.05) is 42.5 Å². The molecule has 1 aliphatic carbocycles. The molecule has 3 rings (SSSR count). The van der Waals surface area contributed by atoms with E-state index in [4.69, 9.17) is 0 Å². The molecule has 0 aliphatic heterocycles. The molecule has 5 heteroatoms. The lowest BCUT2D eigenvalue weighted by Gasteiger charge is -2.28. The van der Waals surface area contributed by atoms with Gasteiger partial charge in [-0.3, -0.25) is 0 Å². The fourth-order valence-corrected chi connectivity index (χ4v) is 5.00. The molecule has 2 aromatic rings. The Hall–Kier alpha value is -1.33.